The number of unbranched alkanes of at least 4 members (excludes halogenated alkanes) is 1. The average molecular weight is 455 g/mol. The maximum Gasteiger partial charge on any atom is 0.330 e. The number of hydrogen-bond donors (Lipinski definition) is 1. The van der Waals surface area contributed by atoms with Gasteiger partial charge >= 0.3 is 5.69 Å². The van der Waals surface area contributed by atoms with Crippen LogP contribution in [-0.4, -0.2) is 39.3 Å². The van der Waals surface area contributed by atoms with Crippen molar-refractivity contribution in [2.75, 3.05) is 0 Å². The van der Waals surface area contributed by atoms with Crippen molar-refractivity contribution in [3.05, 3.63) is 62.6 Å². The number of aromatic amines is 1. The van der Waals surface area contributed by atoms with Gasteiger partial charge < -0.3 is 4.57 Å². The summed E-state index contributed by atoms with van der Waals surface area (Å²) in [5.41, 5.74) is 0.902. The third kappa shape index (κ3) is 4.38. The molecule has 4 rings (SSSR count). The average Bonchev–Trinajstić information content (AvgIpc) is 3.39. The summed E-state index contributed by atoms with van der Waals surface area (Å²) in [6.45, 7) is 7.10. The van der Waals surface area contributed by atoms with Gasteiger partial charge in [0.2, 0.25) is 5.16 Å². The SMILES string of the molecule is CCCCn1c(CSc2nnnn2C(C)C)nc2c1c(=O)[nH]c(=O)n2Cc1ccccc1. The van der Waals surface area contributed by atoms with Crippen LogP contribution in [0.5, 0.6) is 0 Å². The van der Waals surface area contributed by atoms with Gasteiger partial charge in [0.1, 0.15) is 5.82 Å². The van der Waals surface area contributed by atoms with Crippen LogP contribution in [-0.2, 0) is 18.8 Å². The third-order valence-corrected chi connectivity index (χ3v) is 6.09. The highest BCUT2D eigenvalue weighted by atomic mass is 32.2. The van der Waals surface area contributed by atoms with Crippen molar-refractivity contribution >= 4 is 22.9 Å². The van der Waals surface area contributed by atoms with Crippen LogP contribution in [0.1, 0.15) is 51.0 Å². The van der Waals surface area contributed by atoms with E-state index >= 15 is 0 Å². The van der Waals surface area contributed by atoms with E-state index < -0.39 is 11.2 Å². The molecule has 1 aromatic carbocycles. The fraction of sp³-hybridized carbons (Fsp3) is 0.429. The Balaban J connectivity index is 1.78. The second-order valence-corrected chi connectivity index (χ2v) is 8.77. The zero-order valence-electron chi connectivity index (χ0n) is 18.4. The molecule has 10 nitrogen and oxygen atoms in total. The third-order valence-electron chi connectivity index (χ3n) is 5.17. The largest absolute Gasteiger partial charge is 0.330 e. The van der Waals surface area contributed by atoms with Crippen molar-refractivity contribution < 1.29 is 0 Å². The fourth-order valence-corrected chi connectivity index (χ4v) is 4.48. The Morgan fingerprint density at radius 3 is 2.62 bits per heavy atom. The molecule has 0 fully saturated rings. The number of imidazole rings is 1. The summed E-state index contributed by atoms with van der Waals surface area (Å²) in [6.07, 6.45) is 1.86. The number of H-pyrrole nitrogens is 1. The normalized spacial score (nSPS) is 11.6. The maximum absolute atomic E-state index is 12.8. The monoisotopic (exact) mass is 454 g/mol. The second kappa shape index (κ2) is 9.51. The van der Waals surface area contributed by atoms with Crippen LogP contribution in [0.4, 0.5) is 0 Å². The Hall–Kier alpha value is -3.21. The number of hydrogen-bond acceptors (Lipinski definition) is 7. The Morgan fingerprint density at radius 2 is 1.91 bits per heavy atom. The van der Waals surface area contributed by atoms with E-state index in [2.05, 4.69) is 27.4 Å². The van der Waals surface area contributed by atoms with E-state index in [0.717, 1.165) is 24.2 Å². The quantitative estimate of drug-likeness (QED) is 0.386. The van der Waals surface area contributed by atoms with E-state index in [9.17, 15) is 9.59 Å². The molecule has 0 saturated heterocycles. The molecule has 0 radical (unpaired) electrons. The van der Waals surface area contributed by atoms with Crippen LogP contribution in [0.25, 0.3) is 11.2 Å². The molecular formula is C21H26N8O2S. The van der Waals surface area contributed by atoms with Crippen molar-refractivity contribution in [2.45, 2.75) is 63.7 Å². The molecule has 32 heavy (non-hydrogen) atoms. The van der Waals surface area contributed by atoms with Crippen molar-refractivity contribution in [2.24, 2.45) is 0 Å². The molecule has 0 bridgehead atoms. The van der Waals surface area contributed by atoms with Gasteiger partial charge in [0.15, 0.2) is 11.2 Å². The number of benzene rings is 1. The van der Waals surface area contributed by atoms with E-state index in [1.165, 1.54) is 16.3 Å². The molecule has 3 heterocycles. The van der Waals surface area contributed by atoms with Crippen molar-refractivity contribution in [1.29, 1.82) is 0 Å². The van der Waals surface area contributed by atoms with Crippen LogP contribution >= 0.6 is 11.8 Å². The molecule has 168 valence electrons. The molecule has 0 amide bonds. The minimum Gasteiger partial charge on any atom is -0.321 e. The smallest absolute Gasteiger partial charge is 0.321 e. The first-order chi connectivity index (χ1) is 15.5. The van der Waals surface area contributed by atoms with Gasteiger partial charge in [-0.1, -0.05) is 55.4 Å². The number of nitrogens with one attached hydrogen (secondary N) is 1. The van der Waals surface area contributed by atoms with Crippen molar-refractivity contribution in [1.82, 2.24) is 39.3 Å². The molecule has 0 aliphatic carbocycles. The van der Waals surface area contributed by atoms with Gasteiger partial charge in [-0.3, -0.25) is 14.3 Å². The first-order valence-corrected chi connectivity index (χ1v) is 11.6. The number of tetrazole rings is 1. The topological polar surface area (TPSA) is 116 Å². The van der Waals surface area contributed by atoms with Gasteiger partial charge in [0, 0.05) is 6.54 Å². The molecule has 0 unspecified atom stereocenters. The summed E-state index contributed by atoms with van der Waals surface area (Å²) < 4.78 is 5.21. The number of rotatable bonds is 9. The predicted molar refractivity (Wildman–Crippen MR) is 123 cm³/mol. The summed E-state index contributed by atoms with van der Waals surface area (Å²) >= 11 is 1.46. The predicted octanol–water partition coefficient (Wildman–Crippen LogP) is 2.59. The van der Waals surface area contributed by atoms with Crippen molar-refractivity contribution in [3.63, 3.8) is 0 Å². The minimum atomic E-state index is -0.463. The molecule has 11 heteroatoms. The second-order valence-electron chi connectivity index (χ2n) is 7.82. The lowest BCUT2D eigenvalue weighted by Crippen LogP contribution is -2.31. The van der Waals surface area contributed by atoms with Crippen LogP contribution in [0.15, 0.2) is 45.1 Å². The summed E-state index contributed by atoms with van der Waals surface area (Å²) in [5, 5.41) is 12.6. The molecule has 0 aliphatic heterocycles. The first-order valence-electron chi connectivity index (χ1n) is 10.7. The standard InChI is InChI=1S/C21H26N8O2S/c1-4-5-11-27-16(13-32-21-24-25-26-29(21)14(2)3)22-18-17(27)19(30)23-20(31)28(18)12-15-9-7-6-8-10-15/h6-10,14H,4-5,11-13H2,1-3H3,(H,23,30,31). The van der Waals surface area contributed by atoms with Gasteiger partial charge in [0.25, 0.3) is 5.56 Å². The van der Waals surface area contributed by atoms with E-state index in [1.807, 2.05) is 48.7 Å². The highest BCUT2D eigenvalue weighted by Gasteiger charge is 2.20. The van der Waals surface area contributed by atoms with Gasteiger partial charge in [-0.25, -0.2) is 14.5 Å². The maximum atomic E-state index is 12.8. The number of aryl methyl sites for hydroxylation is 1. The van der Waals surface area contributed by atoms with E-state index in [1.54, 1.807) is 4.68 Å². The zero-order chi connectivity index (χ0) is 22.7. The summed E-state index contributed by atoms with van der Waals surface area (Å²) in [6, 6.07) is 9.79. The Labute approximate surface area is 188 Å². The molecule has 0 saturated carbocycles. The van der Waals surface area contributed by atoms with Gasteiger partial charge in [-0.05, 0) is 36.3 Å². The van der Waals surface area contributed by atoms with Crippen LogP contribution in [0.3, 0.4) is 0 Å². The molecule has 0 atom stereocenters. The Morgan fingerprint density at radius 1 is 1.12 bits per heavy atom. The molecular weight excluding hydrogens is 428 g/mol. The van der Waals surface area contributed by atoms with Crippen LogP contribution in [0, 0.1) is 0 Å². The van der Waals surface area contributed by atoms with E-state index in [-0.39, 0.29) is 6.04 Å². The first kappa shape index (κ1) is 22.0. The minimum absolute atomic E-state index is 0.130. The Kier molecular flexibility index (Phi) is 6.54. The molecule has 0 spiro atoms. The highest BCUT2D eigenvalue weighted by Crippen LogP contribution is 2.24. The fourth-order valence-electron chi connectivity index (χ4n) is 3.53. The van der Waals surface area contributed by atoms with Gasteiger partial charge in [-0.15, -0.1) is 5.10 Å². The van der Waals surface area contributed by atoms with E-state index in [4.69, 9.17) is 4.98 Å². The molecule has 0 aliphatic rings. The van der Waals surface area contributed by atoms with Gasteiger partial charge in [0.05, 0.1) is 18.3 Å². The van der Waals surface area contributed by atoms with Crippen LogP contribution < -0.4 is 11.2 Å². The number of thioether (sulfide) groups is 1. The summed E-state index contributed by atoms with van der Waals surface area (Å²) in [7, 11) is 0. The highest BCUT2D eigenvalue weighted by molar-refractivity contribution is 7.98. The van der Waals surface area contributed by atoms with Gasteiger partial charge in [-0.2, -0.15) is 0 Å². The van der Waals surface area contributed by atoms with E-state index in [0.29, 0.717) is 35.2 Å². The lowest BCUT2D eigenvalue weighted by atomic mass is 10.2. The number of aromatic nitrogens is 8. The molecule has 4 aromatic rings. The Bertz CT molecular complexity index is 1320. The summed E-state index contributed by atoms with van der Waals surface area (Å²) in [4.78, 5) is 32.7. The molecule has 3 aromatic heterocycles. The van der Waals surface area contributed by atoms with Crippen molar-refractivity contribution in [3.8, 4) is 0 Å². The molecule has 1 N–H and O–H groups in total. The zero-order valence-corrected chi connectivity index (χ0v) is 19.2. The number of nitrogens with zero attached hydrogens (tertiary/aromatic N) is 7. The number of fused-ring (bicyclic) bond motifs is 1. The lowest BCUT2D eigenvalue weighted by molar-refractivity contribution is 0.477. The summed E-state index contributed by atoms with van der Waals surface area (Å²) in [5.74, 6) is 1.19. The van der Waals surface area contributed by atoms with Crippen LogP contribution in [0.2, 0.25) is 0 Å². The lowest BCUT2D eigenvalue weighted by Gasteiger charge is -2.09.